The molecule has 0 rings (SSSR count). The van der Waals surface area contributed by atoms with E-state index in [-0.39, 0.29) is 24.8 Å². The summed E-state index contributed by atoms with van der Waals surface area (Å²) in [6, 6.07) is 0. The molecule has 0 aliphatic heterocycles. The normalized spacial score (nSPS) is 13.9. The van der Waals surface area contributed by atoms with E-state index in [1.807, 2.05) is 0 Å². The van der Waals surface area contributed by atoms with Crippen molar-refractivity contribution in [3.05, 3.63) is 0 Å². The predicted molar refractivity (Wildman–Crippen MR) is 93.0 cm³/mol. The maximum atomic E-state index is 11.6. The minimum absolute atomic E-state index is 0.220. The Balaban J connectivity index is 3.61. The number of hydrogen-bond donors (Lipinski definition) is 0. The zero-order valence-electron chi connectivity index (χ0n) is 15.9. The van der Waals surface area contributed by atoms with E-state index in [9.17, 15) is 9.59 Å². The summed E-state index contributed by atoms with van der Waals surface area (Å²) in [5.41, 5.74) is 0. The lowest BCUT2D eigenvalue weighted by Crippen LogP contribution is -2.13. The highest BCUT2D eigenvalue weighted by Crippen LogP contribution is 2.15. The van der Waals surface area contributed by atoms with Gasteiger partial charge in [-0.2, -0.15) is 0 Å². The molecule has 0 fully saturated rings. The Labute approximate surface area is 142 Å². The minimum atomic E-state index is -0.220. The van der Waals surface area contributed by atoms with Crippen molar-refractivity contribution in [2.75, 3.05) is 13.2 Å². The van der Waals surface area contributed by atoms with Crippen molar-refractivity contribution in [3.8, 4) is 0 Å². The number of esters is 2. The molecule has 0 amide bonds. The van der Waals surface area contributed by atoms with E-state index >= 15 is 0 Å². The number of carbonyl (C=O) groups excluding carboxylic acids is 2. The van der Waals surface area contributed by atoms with Gasteiger partial charge >= 0.3 is 11.9 Å². The lowest BCUT2D eigenvalue weighted by atomic mass is 9.95. The molecule has 0 bridgehead atoms. The zero-order valence-corrected chi connectivity index (χ0v) is 15.9. The zero-order chi connectivity index (χ0) is 17.8. The van der Waals surface area contributed by atoms with E-state index in [1.54, 1.807) is 0 Å². The maximum absolute atomic E-state index is 11.6. The van der Waals surface area contributed by atoms with Gasteiger partial charge in [0.15, 0.2) is 0 Å². The average Bonchev–Trinajstić information content (AvgIpc) is 2.46. The summed E-state index contributed by atoms with van der Waals surface area (Å²) in [6.45, 7) is 13.9. The molecule has 0 saturated carbocycles. The van der Waals surface area contributed by atoms with Crippen LogP contribution < -0.4 is 0 Å². The maximum Gasteiger partial charge on any atom is 0.305 e. The largest absolute Gasteiger partial charge is 0.466 e. The Kier molecular flexibility index (Phi) is 11.8. The Morgan fingerprint density at radius 1 is 0.696 bits per heavy atom. The van der Waals surface area contributed by atoms with Crippen LogP contribution in [0.25, 0.3) is 0 Å². The van der Waals surface area contributed by atoms with Crippen LogP contribution in [-0.4, -0.2) is 25.2 Å². The molecule has 4 nitrogen and oxygen atoms in total. The van der Waals surface area contributed by atoms with Gasteiger partial charge in [0, 0.05) is 12.8 Å². The summed E-state index contributed by atoms with van der Waals surface area (Å²) in [6.07, 6.45) is 2.84. The molecule has 0 aliphatic carbocycles. The molecule has 0 aliphatic rings. The molecular weight excluding hydrogens is 292 g/mol. The fraction of sp³-hybridized carbons (Fsp3) is 0.895. The first-order chi connectivity index (χ1) is 10.7. The van der Waals surface area contributed by atoms with E-state index in [0.29, 0.717) is 43.3 Å². The summed E-state index contributed by atoms with van der Waals surface area (Å²) in [4.78, 5) is 23.2. The molecule has 0 N–H and O–H groups in total. The van der Waals surface area contributed by atoms with Gasteiger partial charge in [0.2, 0.25) is 0 Å². The lowest BCUT2D eigenvalue weighted by molar-refractivity contribution is -0.145. The lowest BCUT2D eigenvalue weighted by Gasteiger charge is -2.15. The van der Waals surface area contributed by atoms with Crippen LogP contribution in [0.4, 0.5) is 0 Å². The van der Waals surface area contributed by atoms with E-state index in [1.165, 1.54) is 0 Å². The van der Waals surface area contributed by atoms with E-state index in [4.69, 9.17) is 9.47 Å². The fourth-order valence-electron chi connectivity index (χ4n) is 1.91. The van der Waals surface area contributed by atoms with Gasteiger partial charge in [-0.15, -0.1) is 0 Å². The SMILES string of the molecule is CC(C)C(C)CCOC(=O)CCCC(=O)OCCC(C)C(C)C. The first-order valence-corrected chi connectivity index (χ1v) is 9.05. The molecule has 2 atom stereocenters. The number of ether oxygens (including phenoxy) is 2. The van der Waals surface area contributed by atoms with Crippen molar-refractivity contribution in [2.45, 2.75) is 73.6 Å². The second-order valence-corrected chi connectivity index (χ2v) is 7.31. The van der Waals surface area contributed by atoms with Crippen molar-refractivity contribution < 1.29 is 19.1 Å². The summed E-state index contributed by atoms with van der Waals surface area (Å²) in [5, 5.41) is 0. The van der Waals surface area contributed by atoms with Crippen molar-refractivity contribution >= 4 is 11.9 Å². The van der Waals surface area contributed by atoms with Gasteiger partial charge in [-0.05, 0) is 42.9 Å². The summed E-state index contributed by atoms with van der Waals surface area (Å²) >= 11 is 0. The van der Waals surface area contributed by atoms with Crippen LogP contribution in [0.15, 0.2) is 0 Å². The molecule has 136 valence electrons. The number of hydrogen-bond acceptors (Lipinski definition) is 4. The van der Waals surface area contributed by atoms with E-state index < -0.39 is 0 Å². The van der Waals surface area contributed by atoms with Crippen LogP contribution >= 0.6 is 0 Å². The highest BCUT2D eigenvalue weighted by molar-refractivity contribution is 5.72. The second-order valence-electron chi connectivity index (χ2n) is 7.31. The monoisotopic (exact) mass is 328 g/mol. The molecule has 0 heterocycles. The fourth-order valence-corrected chi connectivity index (χ4v) is 1.91. The van der Waals surface area contributed by atoms with Crippen LogP contribution in [0.2, 0.25) is 0 Å². The van der Waals surface area contributed by atoms with Gasteiger partial charge < -0.3 is 9.47 Å². The van der Waals surface area contributed by atoms with Crippen LogP contribution in [0, 0.1) is 23.7 Å². The summed E-state index contributed by atoms with van der Waals surface area (Å²) in [7, 11) is 0. The number of carbonyl (C=O) groups is 2. The third-order valence-electron chi connectivity index (χ3n) is 4.71. The van der Waals surface area contributed by atoms with Crippen LogP contribution in [0.1, 0.15) is 73.6 Å². The highest BCUT2D eigenvalue weighted by atomic mass is 16.5. The van der Waals surface area contributed by atoms with E-state index in [2.05, 4.69) is 41.5 Å². The molecule has 0 aromatic heterocycles. The Bertz CT molecular complexity index is 304. The molecule has 23 heavy (non-hydrogen) atoms. The topological polar surface area (TPSA) is 52.6 Å². The Morgan fingerprint density at radius 3 is 1.35 bits per heavy atom. The average molecular weight is 328 g/mol. The van der Waals surface area contributed by atoms with Crippen molar-refractivity contribution in [1.82, 2.24) is 0 Å². The third kappa shape index (κ3) is 12.1. The minimum Gasteiger partial charge on any atom is -0.466 e. The van der Waals surface area contributed by atoms with Gasteiger partial charge in [-0.25, -0.2) is 0 Å². The van der Waals surface area contributed by atoms with Gasteiger partial charge in [0.25, 0.3) is 0 Å². The second kappa shape index (κ2) is 12.4. The Hall–Kier alpha value is -1.06. The summed E-state index contributed by atoms with van der Waals surface area (Å²) < 4.78 is 10.4. The van der Waals surface area contributed by atoms with E-state index in [0.717, 1.165) is 12.8 Å². The van der Waals surface area contributed by atoms with Gasteiger partial charge in [-0.3, -0.25) is 9.59 Å². The number of rotatable bonds is 12. The molecule has 0 saturated heterocycles. The van der Waals surface area contributed by atoms with Crippen LogP contribution in [0.3, 0.4) is 0 Å². The third-order valence-corrected chi connectivity index (χ3v) is 4.71. The van der Waals surface area contributed by atoms with Crippen LogP contribution in [-0.2, 0) is 19.1 Å². The summed E-state index contributed by atoms with van der Waals surface area (Å²) in [5.74, 6) is 1.85. The van der Waals surface area contributed by atoms with Gasteiger partial charge in [-0.1, -0.05) is 41.5 Å². The molecule has 0 radical (unpaired) electrons. The smallest absolute Gasteiger partial charge is 0.305 e. The molecule has 4 heteroatoms. The van der Waals surface area contributed by atoms with Crippen molar-refractivity contribution in [3.63, 3.8) is 0 Å². The molecule has 0 aromatic rings. The quantitative estimate of drug-likeness (QED) is 0.491. The first-order valence-electron chi connectivity index (χ1n) is 9.05. The predicted octanol–water partition coefficient (Wildman–Crippen LogP) is 4.61. The van der Waals surface area contributed by atoms with Gasteiger partial charge in [0.1, 0.15) is 0 Å². The highest BCUT2D eigenvalue weighted by Gasteiger charge is 2.11. The molecular formula is C19H36O4. The first kappa shape index (κ1) is 21.9. The van der Waals surface area contributed by atoms with Crippen molar-refractivity contribution in [2.24, 2.45) is 23.7 Å². The molecule has 2 unspecified atom stereocenters. The molecule has 0 aromatic carbocycles. The standard InChI is InChI=1S/C19H36O4/c1-14(2)16(5)10-12-22-18(20)8-7-9-19(21)23-13-11-17(6)15(3)4/h14-17H,7-13H2,1-6H3. The molecule has 0 spiro atoms. The van der Waals surface area contributed by atoms with Crippen LogP contribution in [0.5, 0.6) is 0 Å². The van der Waals surface area contributed by atoms with Crippen molar-refractivity contribution in [1.29, 1.82) is 0 Å². The van der Waals surface area contributed by atoms with Gasteiger partial charge in [0.05, 0.1) is 13.2 Å². The Morgan fingerprint density at radius 2 is 1.04 bits per heavy atom.